The molecule has 0 saturated carbocycles. The fourth-order valence-corrected chi connectivity index (χ4v) is 5.04. The summed E-state index contributed by atoms with van der Waals surface area (Å²) in [7, 11) is -3.40. The van der Waals surface area contributed by atoms with Gasteiger partial charge in [0.25, 0.3) is 0 Å². The highest BCUT2D eigenvalue weighted by molar-refractivity contribution is 7.89. The van der Waals surface area contributed by atoms with Crippen LogP contribution in [0.1, 0.15) is 18.7 Å². The summed E-state index contributed by atoms with van der Waals surface area (Å²) in [4.78, 5) is 9.64. The Kier molecular flexibility index (Phi) is 5.25. The number of likely N-dealkylation sites (tertiary alicyclic amines) is 1. The van der Waals surface area contributed by atoms with Gasteiger partial charge in [-0.05, 0) is 61.8 Å². The molecule has 5 rings (SSSR count). The second kappa shape index (κ2) is 8.07. The minimum Gasteiger partial charge on any atom is -0.439 e. The molecule has 0 amide bonds. The molecule has 4 aromatic rings. The molecule has 2 aromatic carbocycles. The second-order valence-corrected chi connectivity index (χ2v) is 9.80. The Morgan fingerprint density at radius 2 is 2.00 bits per heavy atom. The van der Waals surface area contributed by atoms with Crippen molar-refractivity contribution in [1.29, 1.82) is 0 Å². The van der Waals surface area contributed by atoms with Gasteiger partial charge in [0.05, 0.1) is 12.3 Å². The average Bonchev–Trinajstić information content (AvgIpc) is 3.49. The van der Waals surface area contributed by atoms with E-state index in [-0.39, 0.29) is 18.1 Å². The molecule has 1 aliphatic rings. The summed E-state index contributed by atoms with van der Waals surface area (Å²) in [6.45, 7) is 2.49. The van der Waals surface area contributed by atoms with E-state index in [1.807, 2.05) is 24.4 Å². The smallest absolute Gasteiger partial charge is 0.213 e. The van der Waals surface area contributed by atoms with E-state index < -0.39 is 10.0 Å². The Bertz CT molecular complexity index is 1340. The zero-order valence-corrected chi connectivity index (χ0v) is 17.7. The van der Waals surface area contributed by atoms with Crippen molar-refractivity contribution in [1.82, 2.24) is 19.6 Å². The topological polar surface area (TPSA) is 91.2 Å². The molecule has 0 unspecified atom stereocenters. The van der Waals surface area contributed by atoms with E-state index in [2.05, 4.69) is 19.6 Å². The predicted molar refractivity (Wildman–Crippen MR) is 118 cm³/mol. The van der Waals surface area contributed by atoms with Gasteiger partial charge in [0.1, 0.15) is 11.3 Å². The highest BCUT2D eigenvalue weighted by Gasteiger charge is 2.18. The van der Waals surface area contributed by atoms with Crippen molar-refractivity contribution in [3.05, 3.63) is 54.3 Å². The third kappa shape index (κ3) is 4.34. The van der Waals surface area contributed by atoms with E-state index in [0.29, 0.717) is 23.5 Å². The Morgan fingerprint density at radius 3 is 2.84 bits per heavy atom. The van der Waals surface area contributed by atoms with Crippen molar-refractivity contribution in [3.63, 3.8) is 0 Å². The zero-order chi connectivity index (χ0) is 21.4. The summed E-state index contributed by atoms with van der Waals surface area (Å²) in [5.41, 5.74) is 3.77. The lowest BCUT2D eigenvalue weighted by Gasteiger charge is -2.14. The van der Waals surface area contributed by atoms with Gasteiger partial charge in [-0.1, -0.05) is 6.07 Å². The number of nitrogens with zero attached hydrogens (tertiary/aromatic N) is 2. The molecule has 1 aliphatic heterocycles. The first-order valence-electron chi connectivity index (χ1n) is 10.3. The Labute approximate surface area is 179 Å². The molecule has 9 heteroatoms. The quantitative estimate of drug-likeness (QED) is 0.456. The van der Waals surface area contributed by atoms with Crippen LogP contribution in [0.5, 0.6) is 0 Å². The summed E-state index contributed by atoms with van der Waals surface area (Å²) >= 11 is 0. The van der Waals surface area contributed by atoms with Crippen LogP contribution < -0.4 is 4.72 Å². The first kappa shape index (κ1) is 20.2. The summed E-state index contributed by atoms with van der Waals surface area (Å²) in [5, 5.41) is 0.909. The van der Waals surface area contributed by atoms with Crippen LogP contribution in [0, 0.1) is 5.82 Å². The van der Waals surface area contributed by atoms with E-state index in [1.165, 1.54) is 12.1 Å². The first-order chi connectivity index (χ1) is 15.0. The number of benzene rings is 2. The summed E-state index contributed by atoms with van der Waals surface area (Å²) < 4.78 is 46.4. The van der Waals surface area contributed by atoms with Crippen molar-refractivity contribution in [3.8, 4) is 11.1 Å². The van der Waals surface area contributed by atoms with Crippen LogP contribution in [0.2, 0.25) is 0 Å². The lowest BCUT2D eigenvalue weighted by atomic mass is 10.0. The molecule has 0 bridgehead atoms. The van der Waals surface area contributed by atoms with Gasteiger partial charge in [0.15, 0.2) is 5.58 Å². The number of fused-ring (bicyclic) bond motifs is 2. The maximum Gasteiger partial charge on any atom is 0.213 e. The van der Waals surface area contributed by atoms with Crippen molar-refractivity contribution in [2.45, 2.75) is 19.4 Å². The van der Waals surface area contributed by atoms with Crippen LogP contribution in [0.15, 0.2) is 47.0 Å². The van der Waals surface area contributed by atoms with Crippen LogP contribution in [0.4, 0.5) is 4.39 Å². The highest BCUT2D eigenvalue weighted by Crippen LogP contribution is 2.31. The number of rotatable bonds is 7. The van der Waals surface area contributed by atoms with E-state index in [1.54, 1.807) is 6.07 Å². The number of oxazole rings is 1. The molecule has 2 N–H and O–H groups in total. The molecule has 0 radical (unpaired) electrons. The Hall–Kier alpha value is -2.75. The number of halogens is 1. The largest absolute Gasteiger partial charge is 0.439 e. The van der Waals surface area contributed by atoms with E-state index >= 15 is 0 Å². The number of hydrogen-bond donors (Lipinski definition) is 2. The fraction of sp³-hybridized carbons (Fsp3) is 0.318. The monoisotopic (exact) mass is 442 g/mol. The summed E-state index contributed by atoms with van der Waals surface area (Å²) in [6, 6.07) is 10.2. The SMILES string of the molecule is O=S(=O)(CCN1CCCC1)NCc1nc2ccc(-c3c[nH]c4cc(F)ccc34)cc2o1. The molecular formula is C22H23FN4O3S. The van der Waals surface area contributed by atoms with Crippen molar-refractivity contribution < 1.29 is 17.2 Å². The molecule has 162 valence electrons. The number of aromatic nitrogens is 2. The van der Waals surface area contributed by atoms with Gasteiger partial charge in [-0.15, -0.1) is 0 Å². The lowest BCUT2D eigenvalue weighted by Crippen LogP contribution is -2.33. The van der Waals surface area contributed by atoms with Gasteiger partial charge in [-0.3, -0.25) is 0 Å². The number of hydrogen-bond acceptors (Lipinski definition) is 5. The van der Waals surface area contributed by atoms with Crippen LogP contribution in [-0.4, -0.2) is 48.7 Å². The van der Waals surface area contributed by atoms with Crippen LogP contribution in [-0.2, 0) is 16.6 Å². The van der Waals surface area contributed by atoms with Crippen LogP contribution >= 0.6 is 0 Å². The predicted octanol–water partition coefficient (Wildman–Crippen LogP) is 3.63. The van der Waals surface area contributed by atoms with Crippen LogP contribution in [0.3, 0.4) is 0 Å². The number of sulfonamides is 1. The highest BCUT2D eigenvalue weighted by atomic mass is 32.2. The normalized spacial score (nSPS) is 15.4. The molecule has 0 aliphatic carbocycles. The fourth-order valence-electron chi connectivity index (χ4n) is 4.05. The second-order valence-electron chi connectivity index (χ2n) is 7.87. The maximum absolute atomic E-state index is 13.4. The number of aromatic amines is 1. The summed E-state index contributed by atoms with van der Waals surface area (Å²) in [5.74, 6) is 0.0930. The third-order valence-electron chi connectivity index (χ3n) is 5.71. The van der Waals surface area contributed by atoms with Gasteiger partial charge in [-0.25, -0.2) is 22.5 Å². The van der Waals surface area contributed by atoms with Gasteiger partial charge in [-0.2, -0.15) is 0 Å². The van der Waals surface area contributed by atoms with Gasteiger partial charge < -0.3 is 14.3 Å². The first-order valence-corrected chi connectivity index (χ1v) is 12.0. The Balaban J connectivity index is 1.31. The van der Waals surface area contributed by atoms with E-state index in [4.69, 9.17) is 4.42 Å². The number of H-pyrrole nitrogens is 1. The lowest BCUT2D eigenvalue weighted by molar-refractivity contribution is 0.358. The van der Waals surface area contributed by atoms with E-state index in [9.17, 15) is 12.8 Å². The minimum absolute atomic E-state index is 0.0126. The van der Waals surface area contributed by atoms with Crippen molar-refractivity contribution in [2.75, 3.05) is 25.4 Å². The molecule has 1 saturated heterocycles. The minimum atomic E-state index is -3.40. The van der Waals surface area contributed by atoms with E-state index in [0.717, 1.165) is 48.0 Å². The molecule has 1 fully saturated rings. The molecule has 31 heavy (non-hydrogen) atoms. The third-order valence-corrected chi connectivity index (χ3v) is 7.01. The maximum atomic E-state index is 13.4. The molecule has 2 aromatic heterocycles. The Morgan fingerprint density at radius 1 is 1.16 bits per heavy atom. The standard InChI is InChI=1S/C22H23FN4O3S/c23-16-4-5-17-18(13-24-20(17)12-16)15-3-6-19-21(11-15)30-22(26-19)14-25-31(28,29)10-9-27-7-1-2-8-27/h3-6,11-13,24-25H,1-2,7-10,14H2. The molecule has 0 spiro atoms. The van der Waals surface area contributed by atoms with Crippen molar-refractivity contribution in [2.24, 2.45) is 0 Å². The number of nitrogens with one attached hydrogen (secondary N) is 2. The zero-order valence-electron chi connectivity index (χ0n) is 16.9. The van der Waals surface area contributed by atoms with Gasteiger partial charge >= 0.3 is 0 Å². The van der Waals surface area contributed by atoms with Gasteiger partial charge in [0, 0.05) is 29.2 Å². The molecule has 7 nitrogen and oxygen atoms in total. The van der Waals surface area contributed by atoms with Crippen LogP contribution in [0.25, 0.3) is 33.1 Å². The summed E-state index contributed by atoms with van der Waals surface area (Å²) in [6.07, 6.45) is 4.10. The molecule has 3 heterocycles. The molecule has 0 atom stereocenters. The van der Waals surface area contributed by atoms with Gasteiger partial charge in [0.2, 0.25) is 15.9 Å². The molecular weight excluding hydrogens is 419 g/mol. The van der Waals surface area contributed by atoms with Crippen molar-refractivity contribution >= 4 is 32.0 Å². The average molecular weight is 443 g/mol.